The molecule has 0 spiro atoms. The van der Waals surface area contributed by atoms with Crippen molar-refractivity contribution < 1.29 is 77.1 Å². The number of aldehydes is 1. The van der Waals surface area contributed by atoms with E-state index < -0.39 is 83.4 Å². The van der Waals surface area contributed by atoms with Gasteiger partial charge in [-0.2, -0.15) is 4.99 Å². The van der Waals surface area contributed by atoms with Crippen LogP contribution >= 0.6 is 0 Å². The zero-order chi connectivity index (χ0) is 66.8. The number of nitrogens with two attached hydrogens (primary N) is 1. The van der Waals surface area contributed by atoms with Crippen LogP contribution in [0.25, 0.3) is 0 Å². The minimum atomic E-state index is -1.23. The number of urea groups is 1. The molecule has 30 heteroatoms. The largest absolute Gasteiger partial charge is 0.508 e. The van der Waals surface area contributed by atoms with Crippen molar-refractivity contribution in [1.29, 1.82) is 0 Å². The molecule has 6 amide bonds. The maximum Gasteiger partial charge on any atom is 0.344 e. The van der Waals surface area contributed by atoms with Crippen molar-refractivity contribution in [2.75, 3.05) is 138 Å². The quantitative estimate of drug-likeness (QED) is 0.0166. The third kappa shape index (κ3) is 27.6. The summed E-state index contributed by atoms with van der Waals surface area (Å²) in [6.07, 6.45) is 3.69. The Morgan fingerprint density at radius 2 is 1.21 bits per heavy atom. The van der Waals surface area contributed by atoms with Gasteiger partial charge in [0.05, 0.1) is 32.2 Å². The van der Waals surface area contributed by atoms with E-state index in [1.807, 2.05) is 9.80 Å². The van der Waals surface area contributed by atoms with Gasteiger partial charge >= 0.3 is 23.9 Å². The molecule has 2 aliphatic rings. The van der Waals surface area contributed by atoms with Crippen molar-refractivity contribution in [2.45, 2.75) is 83.0 Å². The number of aliphatic imine (C=N–C) groups is 1. The number of benzene rings is 3. The number of phenols is 1. The van der Waals surface area contributed by atoms with E-state index >= 15 is 0 Å². The first-order chi connectivity index (χ1) is 44.2. The molecule has 3 aromatic carbocycles. The number of carboxylic acids is 3. The van der Waals surface area contributed by atoms with Gasteiger partial charge in [0.1, 0.15) is 35.3 Å². The first kappa shape index (κ1) is 74.3. The molecule has 0 aromatic heterocycles. The lowest BCUT2D eigenvalue weighted by Gasteiger charge is -2.35. The average molecular weight is 1290 g/mol. The Morgan fingerprint density at radius 1 is 0.641 bits per heavy atom. The highest BCUT2D eigenvalue weighted by molar-refractivity contribution is 5.93. The number of guanidine groups is 1. The second-order valence-corrected chi connectivity index (χ2v) is 22.4. The number of carboxylic acid groups (broad SMARTS) is 3. The second-order valence-electron chi connectivity index (χ2n) is 22.4. The number of hydrogen-bond donors (Lipinski definition) is 11. The van der Waals surface area contributed by atoms with Gasteiger partial charge in [-0.05, 0) is 61.9 Å². The van der Waals surface area contributed by atoms with Crippen LogP contribution in [0.2, 0.25) is 0 Å². The number of nitrogens with zero attached hydrogens (tertiary/aromatic N) is 7. The highest BCUT2D eigenvalue weighted by Gasteiger charge is 2.30. The predicted octanol–water partition coefficient (Wildman–Crippen LogP) is 0.587. The smallest absolute Gasteiger partial charge is 0.344 e. The fourth-order valence-corrected chi connectivity index (χ4v) is 10.5. The molecule has 0 aliphatic carbocycles. The summed E-state index contributed by atoms with van der Waals surface area (Å²) < 4.78 is 35.4. The summed E-state index contributed by atoms with van der Waals surface area (Å²) in [5.74, 6) is -7.90. The van der Waals surface area contributed by atoms with Crippen LogP contribution in [0.15, 0.2) is 71.7 Å². The number of rotatable bonds is 35. The Kier molecular flexibility index (Phi) is 32.7. The molecular weight excluding hydrogens is 1200 g/mol. The van der Waals surface area contributed by atoms with Crippen LogP contribution in [0.5, 0.6) is 11.5 Å². The Bertz CT molecular complexity index is 2840. The Labute approximate surface area is 534 Å². The van der Waals surface area contributed by atoms with Crippen molar-refractivity contribution in [3.63, 3.8) is 0 Å². The first-order valence-electron chi connectivity index (χ1n) is 31.1. The SMILES string of the molecule is CCC(=O)NCCNC(=O)/N=C(/N)NCCC[C@@H](NC(=O)[C@@H](c1ccccc1)c1ccc(OCCCN2CCN(C(=O)CCCCCNC(C=O)N3CCN(CC(=O)O)CCN(CC(=O)O)CCN(CC(=O)O)CC3)CC2)cc1)C(=O)NCc1c(F)cc(O)cc1F. The Balaban J connectivity index is 1.06. The van der Waals surface area contributed by atoms with E-state index in [1.54, 1.807) is 76.2 Å². The molecule has 1 unspecified atom stereocenters. The molecule has 5 rings (SSSR count). The lowest BCUT2D eigenvalue weighted by molar-refractivity contribution is -0.140. The minimum Gasteiger partial charge on any atom is -0.508 e. The summed E-state index contributed by atoms with van der Waals surface area (Å²) in [6, 6.07) is 15.3. The van der Waals surface area contributed by atoms with Gasteiger partial charge in [-0.1, -0.05) is 55.8 Å². The summed E-state index contributed by atoms with van der Waals surface area (Å²) in [7, 11) is 0. The summed E-state index contributed by atoms with van der Waals surface area (Å²) in [6.45, 7) is 7.08. The fourth-order valence-electron chi connectivity index (χ4n) is 10.5. The number of phenolic OH excluding ortho intramolecular Hbond substituents is 1. The molecule has 12 N–H and O–H groups in total. The molecule has 0 radical (unpaired) electrons. The standard InChI is InChI=1S/C62H90F2N14O14/c1-2-53(81)67-21-22-69-62(91)72-61(65)68-20-9-13-51(59(89)70-39-48-49(63)37-46(80)38-50(48)64)71-60(90)58(44-11-5-3-6-12-44)45-15-17-47(18-16-45)92-36-10-23-73-28-34-78(35-29-73)54(82)14-7-4-8-19-66-52(43-79)77-32-30-75(41-56(85)86)26-24-74(40-55(83)84)25-27-76(31-33-77)42-57(87)88/h3,5-6,11-12,15-18,37-38,43,51-52,58,66,80H,2,4,7-10,13-14,19-36,39-42H2,1H3,(H,67,81)(H,70,89)(H,71,90)(H,83,84)(H,85,86)(H,87,88)(H4,65,68,69,72,91)/t51-,52?,58+/m1/s1. The van der Waals surface area contributed by atoms with Gasteiger partial charge in [0.25, 0.3) is 0 Å². The van der Waals surface area contributed by atoms with Crippen LogP contribution in [0, 0.1) is 11.6 Å². The van der Waals surface area contributed by atoms with Gasteiger partial charge in [0.15, 0.2) is 12.2 Å². The normalized spacial score (nSPS) is 16.2. The fraction of sp³-hybridized carbons (Fsp3) is 0.548. The molecule has 2 aliphatic heterocycles. The van der Waals surface area contributed by atoms with Gasteiger partial charge in [-0.25, -0.2) is 13.6 Å². The Morgan fingerprint density at radius 3 is 1.78 bits per heavy atom. The number of unbranched alkanes of at least 4 members (excludes halogenated alkanes) is 2. The molecule has 2 fully saturated rings. The van der Waals surface area contributed by atoms with Crippen LogP contribution < -0.4 is 42.4 Å². The topological polar surface area (TPSA) is 374 Å². The summed E-state index contributed by atoms with van der Waals surface area (Å²) >= 11 is 0. The van der Waals surface area contributed by atoms with E-state index in [0.29, 0.717) is 114 Å². The van der Waals surface area contributed by atoms with Gasteiger partial charge in [-0.3, -0.25) is 63.4 Å². The van der Waals surface area contributed by atoms with Gasteiger partial charge in [-0.15, -0.1) is 0 Å². The number of nitrogens with one attached hydrogen (secondary N) is 6. The minimum absolute atomic E-state index is 0.00509. The highest BCUT2D eigenvalue weighted by Crippen LogP contribution is 2.28. The van der Waals surface area contributed by atoms with Crippen LogP contribution in [0.1, 0.15) is 80.9 Å². The number of carbonyl (C=O) groups is 9. The van der Waals surface area contributed by atoms with E-state index in [0.717, 1.165) is 19.3 Å². The molecule has 3 aromatic rings. The molecule has 2 heterocycles. The van der Waals surface area contributed by atoms with E-state index in [9.17, 15) is 72.4 Å². The van der Waals surface area contributed by atoms with E-state index in [-0.39, 0.29) is 109 Å². The molecule has 28 nitrogen and oxygen atoms in total. The molecule has 0 bridgehead atoms. The molecular formula is C62H90F2N14O14. The molecule has 3 atom stereocenters. The Hall–Kier alpha value is -8.42. The first-order valence-corrected chi connectivity index (χ1v) is 31.1. The van der Waals surface area contributed by atoms with Gasteiger partial charge in [0, 0.05) is 142 Å². The third-order valence-corrected chi connectivity index (χ3v) is 15.6. The maximum absolute atomic E-state index is 14.7. The van der Waals surface area contributed by atoms with Crippen LogP contribution in [-0.2, 0) is 44.9 Å². The van der Waals surface area contributed by atoms with Crippen molar-refractivity contribution in [3.05, 3.63) is 95.1 Å². The number of halogens is 2. The van der Waals surface area contributed by atoms with Crippen molar-refractivity contribution in [3.8, 4) is 11.5 Å². The number of carbonyl (C=O) groups excluding carboxylic acids is 6. The van der Waals surface area contributed by atoms with E-state index in [2.05, 4.69) is 41.8 Å². The van der Waals surface area contributed by atoms with Crippen LogP contribution in [0.4, 0.5) is 13.6 Å². The van der Waals surface area contributed by atoms with E-state index in [1.165, 1.54) is 0 Å². The van der Waals surface area contributed by atoms with Crippen molar-refractivity contribution in [1.82, 2.24) is 61.3 Å². The lowest BCUT2D eigenvalue weighted by atomic mass is 9.90. The van der Waals surface area contributed by atoms with Crippen LogP contribution in [0.3, 0.4) is 0 Å². The van der Waals surface area contributed by atoms with Crippen LogP contribution in [-0.4, -0.2) is 259 Å². The second kappa shape index (κ2) is 40.4. The molecule has 92 heavy (non-hydrogen) atoms. The average Bonchev–Trinajstić information content (AvgIpc) is 0.998. The molecule has 2 saturated heterocycles. The molecule has 506 valence electrons. The summed E-state index contributed by atoms with van der Waals surface area (Å²) in [5, 5.41) is 54.7. The number of aliphatic carboxylic acids is 3. The number of hydrogen-bond acceptors (Lipinski definition) is 17. The summed E-state index contributed by atoms with van der Waals surface area (Å²) in [4.78, 5) is 127. The number of aromatic hydroxyl groups is 1. The highest BCUT2D eigenvalue weighted by atomic mass is 19.1. The number of piperazine rings is 1. The van der Waals surface area contributed by atoms with Crippen molar-refractivity contribution in [2.24, 2.45) is 10.7 Å². The monoisotopic (exact) mass is 1290 g/mol. The molecule has 0 saturated carbocycles. The third-order valence-electron chi connectivity index (χ3n) is 15.6. The zero-order valence-corrected chi connectivity index (χ0v) is 52.2. The van der Waals surface area contributed by atoms with Crippen molar-refractivity contribution >= 4 is 59.8 Å². The summed E-state index contributed by atoms with van der Waals surface area (Å²) in [5.41, 5.74) is 6.60. The van der Waals surface area contributed by atoms with Gasteiger partial charge in [0.2, 0.25) is 23.6 Å². The lowest BCUT2D eigenvalue weighted by Crippen LogP contribution is -2.54. The van der Waals surface area contributed by atoms with Gasteiger partial charge < -0.3 is 67.2 Å². The maximum atomic E-state index is 14.7. The van der Waals surface area contributed by atoms with E-state index in [4.69, 9.17) is 10.5 Å². The zero-order valence-electron chi connectivity index (χ0n) is 52.2. The number of ether oxygens (including phenoxy) is 1. The predicted molar refractivity (Wildman–Crippen MR) is 335 cm³/mol. The number of amides is 6.